The van der Waals surface area contributed by atoms with Gasteiger partial charge in [-0.1, -0.05) is 24.1 Å². The number of imidazole rings is 1. The molecular weight excluding hydrogens is 382 g/mol. The Kier molecular flexibility index (Phi) is 3.43. The molecule has 0 aromatic carbocycles. The largest absolute Gasteiger partial charge is 0.361 e. The number of rotatable bonds is 2. The highest BCUT2D eigenvalue weighted by molar-refractivity contribution is 5.59. The van der Waals surface area contributed by atoms with Crippen LogP contribution in [0.5, 0.6) is 0 Å². The first-order valence-electron chi connectivity index (χ1n) is 10.2. The topological polar surface area (TPSA) is 105 Å². The molecule has 0 amide bonds. The second kappa shape index (κ2) is 5.87. The van der Waals surface area contributed by atoms with Crippen LogP contribution in [0.25, 0.3) is 17.3 Å². The molecular formula is C20H23N9O. The monoisotopic (exact) mass is 405 g/mol. The quantitative estimate of drug-likeness (QED) is 0.502. The summed E-state index contributed by atoms with van der Waals surface area (Å²) in [6.07, 6.45) is 8.48. The number of fused-ring (bicyclic) bond motifs is 4. The number of tetrazole rings is 1. The SMILES string of the molecule is C[C@@H]1c2oncc2C[C@]2(C)c3nc(-c4cnn(C)c4)n(-c4nnn(C)n4)c3CC[C@@H]12. The van der Waals surface area contributed by atoms with Crippen LogP contribution in [0.4, 0.5) is 0 Å². The molecule has 0 aliphatic heterocycles. The van der Waals surface area contributed by atoms with Gasteiger partial charge in [-0.25, -0.2) is 4.98 Å². The number of nitrogens with zero attached hydrogens (tertiary/aromatic N) is 9. The Balaban J connectivity index is 1.59. The lowest BCUT2D eigenvalue weighted by Gasteiger charge is -2.46. The average molecular weight is 405 g/mol. The number of aryl methyl sites for hydroxylation is 2. The van der Waals surface area contributed by atoms with E-state index in [-0.39, 0.29) is 5.41 Å². The summed E-state index contributed by atoms with van der Waals surface area (Å²) < 4.78 is 9.46. The van der Waals surface area contributed by atoms with E-state index in [0.29, 0.717) is 17.8 Å². The molecule has 4 aromatic rings. The Morgan fingerprint density at radius 2 is 2.10 bits per heavy atom. The molecule has 0 bridgehead atoms. The lowest BCUT2D eigenvalue weighted by Crippen LogP contribution is -2.44. The fraction of sp³-hybridized carbons (Fsp3) is 0.500. The summed E-state index contributed by atoms with van der Waals surface area (Å²) in [7, 11) is 3.68. The molecule has 0 unspecified atom stereocenters. The van der Waals surface area contributed by atoms with Crippen molar-refractivity contribution in [1.29, 1.82) is 0 Å². The molecule has 0 fully saturated rings. The molecule has 6 rings (SSSR count). The van der Waals surface area contributed by atoms with Crippen LogP contribution in [0.1, 0.15) is 48.9 Å². The third kappa shape index (κ3) is 2.24. The summed E-state index contributed by atoms with van der Waals surface area (Å²) in [4.78, 5) is 6.69. The van der Waals surface area contributed by atoms with Crippen molar-refractivity contribution in [3.63, 3.8) is 0 Å². The predicted octanol–water partition coefficient (Wildman–Crippen LogP) is 1.96. The minimum Gasteiger partial charge on any atom is -0.361 e. The van der Waals surface area contributed by atoms with E-state index in [1.54, 1.807) is 11.7 Å². The molecule has 154 valence electrons. The number of hydrogen-bond acceptors (Lipinski definition) is 7. The van der Waals surface area contributed by atoms with E-state index in [1.807, 2.05) is 25.6 Å². The minimum atomic E-state index is -0.115. The highest BCUT2D eigenvalue weighted by Crippen LogP contribution is 2.54. The van der Waals surface area contributed by atoms with E-state index in [1.165, 1.54) is 10.4 Å². The highest BCUT2D eigenvalue weighted by Gasteiger charge is 2.51. The van der Waals surface area contributed by atoms with Gasteiger partial charge in [0.1, 0.15) is 5.76 Å². The molecule has 0 N–H and O–H groups in total. The Hall–Kier alpha value is -3.30. The Bertz CT molecular complexity index is 1260. The van der Waals surface area contributed by atoms with E-state index < -0.39 is 0 Å². The summed E-state index contributed by atoms with van der Waals surface area (Å²) in [6.45, 7) is 4.58. The van der Waals surface area contributed by atoms with Crippen LogP contribution in [0, 0.1) is 5.92 Å². The van der Waals surface area contributed by atoms with Crippen LogP contribution in [0.3, 0.4) is 0 Å². The van der Waals surface area contributed by atoms with Crippen molar-refractivity contribution in [2.24, 2.45) is 20.0 Å². The van der Waals surface area contributed by atoms with E-state index in [4.69, 9.17) is 9.51 Å². The van der Waals surface area contributed by atoms with Gasteiger partial charge in [0.25, 0.3) is 5.95 Å². The standard InChI is InChI=1S/C20H23N9O/c1-11-14-5-6-15-17(20(14,2)7-12-9-22-30-16(11)12)23-18(13-8-21-27(3)10-13)29(15)19-24-26-28(4)25-19/h8-11,14H,5-7H2,1-4H3/t11-,14-,20-/m0/s1. The zero-order valence-electron chi connectivity index (χ0n) is 17.4. The van der Waals surface area contributed by atoms with Gasteiger partial charge in [-0.05, 0) is 30.4 Å². The second-order valence-electron chi connectivity index (χ2n) is 8.79. The van der Waals surface area contributed by atoms with Crippen LogP contribution >= 0.6 is 0 Å². The van der Waals surface area contributed by atoms with Gasteiger partial charge in [0.15, 0.2) is 5.82 Å². The Labute approximate surface area is 172 Å². The van der Waals surface area contributed by atoms with E-state index in [9.17, 15) is 0 Å². The first-order valence-corrected chi connectivity index (χ1v) is 10.2. The summed E-state index contributed by atoms with van der Waals surface area (Å²) in [6, 6.07) is 0. The summed E-state index contributed by atoms with van der Waals surface area (Å²) in [5.41, 5.74) is 4.28. The van der Waals surface area contributed by atoms with Gasteiger partial charge in [0.05, 0.1) is 36.4 Å². The van der Waals surface area contributed by atoms with Gasteiger partial charge in [-0.15, -0.1) is 5.10 Å². The lowest BCUT2D eigenvalue weighted by atomic mass is 9.57. The van der Waals surface area contributed by atoms with Crippen molar-refractivity contribution in [2.75, 3.05) is 0 Å². The van der Waals surface area contributed by atoms with Crippen molar-refractivity contribution < 1.29 is 4.52 Å². The van der Waals surface area contributed by atoms with Crippen molar-refractivity contribution in [2.45, 2.75) is 44.4 Å². The van der Waals surface area contributed by atoms with E-state index in [0.717, 1.165) is 47.8 Å². The number of hydrogen-bond donors (Lipinski definition) is 0. The molecule has 10 heteroatoms. The molecule has 10 nitrogen and oxygen atoms in total. The first-order chi connectivity index (χ1) is 14.5. The van der Waals surface area contributed by atoms with Gasteiger partial charge >= 0.3 is 0 Å². The van der Waals surface area contributed by atoms with Gasteiger partial charge in [-0.2, -0.15) is 9.90 Å². The van der Waals surface area contributed by atoms with Gasteiger partial charge in [-0.3, -0.25) is 9.25 Å². The minimum absolute atomic E-state index is 0.115. The van der Waals surface area contributed by atoms with Crippen LogP contribution in [0.15, 0.2) is 23.1 Å². The Morgan fingerprint density at radius 3 is 2.83 bits per heavy atom. The normalized spacial score (nSPS) is 25.1. The second-order valence-corrected chi connectivity index (χ2v) is 8.79. The molecule has 4 heterocycles. The third-order valence-corrected chi connectivity index (χ3v) is 6.94. The average Bonchev–Trinajstić information content (AvgIpc) is 3.47. The fourth-order valence-electron chi connectivity index (χ4n) is 5.61. The van der Waals surface area contributed by atoms with Crippen molar-refractivity contribution >= 4 is 0 Å². The molecule has 0 saturated carbocycles. The third-order valence-electron chi connectivity index (χ3n) is 6.94. The van der Waals surface area contributed by atoms with Gasteiger partial charge in [0.2, 0.25) is 0 Å². The molecule has 30 heavy (non-hydrogen) atoms. The molecule has 3 atom stereocenters. The van der Waals surface area contributed by atoms with Crippen LogP contribution in [-0.2, 0) is 32.4 Å². The summed E-state index contributed by atoms with van der Waals surface area (Å²) >= 11 is 0. The van der Waals surface area contributed by atoms with Crippen molar-refractivity contribution in [3.05, 3.63) is 41.3 Å². The van der Waals surface area contributed by atoms with Crippen molar-refractivity contribution in [1.82, 2.24) is 44.7 Å². The molecule has 4 aromatic heterocycles. The zero-order chi connectivity index (χ0) is 20.6. The zero-order valence-corrected chi connectivity index (χ0v) is 17.4. The lowest BCUT2D eigenvalue weighted by molar-refractivity contribution is 0.171. The fourth-order valence-corrected chi connectivity index (χ4v) is 5.61. The maximum Gasteiger partial charge on any atom is 0.276 e. The maximum atomic E-state index is 5.61. The first kappa shape index (κ1) is 17.5. The van der Waals surface area contributed by atoms with Crippen LogP contribution in [0.2, 0.25) is 0 Å². The predicted molar refractivity (Wildman–Crippen MR) is 106 cm³/mol. The van der Waals surface area contributed by atoms with Crippen LogP contribution < -0.4 is 0 Å². The highest BCUT2D eigenvalue weighted by atomic mass is 16.5. The molecule has 2 aliphatic carbocycles. The van der Waals surface area contributed by atoms with Gasteiger partial charge < -0.3 is 4.52 Å². The molecule has 2 aliphatic rings. The molecule has 0 spiro atoms. The maximum absolute atomic E-state index is 5.61. The van der Waals surface area contributed by atoms with Gasteiger partial charge in [0, 0.05) is 30.1 Å². The number of aromatic nitrogens is 9. The molecule has 0 radical (unpaired) electrons. The van der Waals surface area contributed by atoms with Crippen molar-refractivity contribution in [3.8, 4) is 17.3 Å². The smallest absolute Gasteiger partial charge is 0.276 e. The van der Waals surface area contributed by atoms with E-state index in [2.05, 4.69) is 44.1 Å². The van der Waals surface area contributed by atoms with E-state index >= 15 is 0 Å². The Morgan fingerprint density at radius 1 is 1.23 bits per heavy atom. The van der Waals surface area contributed by atoms with Crippen LogP contribution in [-0.4, -0.2) is 44.7 Å². The molecule has 0 saturated heterocycles. The summed E-state index contributed by atoms with van der Waals surface area (Å²) in [5.74, 6) is 3.12. The summed E-state index contributed by atoms with van der Waals surface area (Å²) in [5, 5.41) is 21.3.